The molecule has 0 saturated carbocycles. The normalized spacial score (nSPS) is 27.2. The molecule has 2 fully saturated rings. The van der Waals surface area contributed by atoms with E-state index in [-0.39, 0.29) is 23.6 Å². The minimum atomic E-state index is -2.95. The van der Waals surface area contributed by atoms with Crippen LogP contribution in [0.15, 0.2) is 24.3 Å². The highest BCUT2D eigenvalue weighted by atomic mass is 32.2. The van der Waals surface area contributed by atoms with Crippen molar-refractivity contribution in [2.24, 2.45) is 0 Å². The number of methoxy groups -OCH3 is 1. The molecule has 5 nitrogen and oxygen atoms in total. The fourth-order valence-corrected chi connectivity index (χ4v) is 5.06. The van der Waals surface area contributed by atoms with Crippen LogP contribution in [0.2, 0.25) is 0 Å². The van der Waals surface area contributed by atoms with Crippen molar-refractivity contribution in [2.45, 2.75) is 18.6 Å². The van der Waals surface area contributed by atoms with E-state index in [9.17, 15) is 8.42 Å². The van der Waals surface area contributed by atoms with Gasteiger partial charge in [-0.1, -0.05) is 12.1 Å². The van der Waals surface area contributed by atoms with Crippen molar-refractivity contribution in [3.63, 3.8) is 0 Å². The zero-order chi connectivity index (χ0) is 14.3. The van der Waals surface area contributed by atoms with E-state index in [1.807, 2.05) is 29.2 Å². The highest BCUT2D eigenvalue weighted by molar-refractivity contribution is 7.91. The number of nitrogens with zero attached hydrogens (tertiary/aromatic N) is 1. The van der Waals surface area contributed by atoms with Gasteiger partial charge in [-0.05, 0) is 29.9 Å². The highest BCUT2D eigenvalue weighted by Gasteiger charge is 2.46. The molecule has 1 aromatic carbocycles. The van der Waals surface area contributed by atoms with Crippen molar-refractivity contribution in [3.05, 3.63) is 29.8 Å². The summed E-state index contributed by atoms with van der Waals surface area (Å²) < 4.78 is 28.5. The molecule has 0 radical (unpaired) electrons. The molecule has 108 valence electrons. The van der Waals surface area contributed by atoms with Gasteiger partial charge in [0.05, 0.1) is 30.7 Å². The standard InChI is InChI=1S/C13H16N2O3S2/c1-18-10-4-2-9(3-5-10)6-15-12-8-20(16,17)7-11(12)14-13(15)19/h2-5,11-12H,6-8H2,1H3,(H,14,19)/t11-,12+/m0/s1. The maximum atomic E-state index is 11.7. The summed E-state index contributed by atoms with van der Waals surface area (Å²) in [5.74, 6) is 1.16. The van der Waals surface area contributed by atoms with E-state index >= 15 is 0 Å². The van der Waals surface area contributed by atoms with E-state index in [0.717, 1.165) is 11.3 Å². The molecule has 2 saturated heterocycles. The van der Waals surface area contributed by atoms with Crippen molar-refractivity contribution in [1.82, 2.24) is 10.2 Å². The number of nitrogens with one attached hydrogen (secondary N) is 1. The van der Waals surface area contributed by atoms with Crippen LogP contribution < -0.4 is 10.1 Å². The second-order valence-electron chi connectivity index (χ2n) is 5.18. The molecule has 20 heavy (non-hydrogen) atoms. The summed E-state index contributed by atoms with van der Waals surface area (Å²) in [6.07, 6.45) is 0. The molecule has 0 aliphatic carbocycles. The lowest BCUT2D eigenvalue weighted by atomic mass is 10.1. The van der Waals surface area contributed by atoms with Gasteiger partial charge in [0.25, 0.3) is 0 Å². The monoisotopic (exact) mass is 312 g/mol. The number of hydrogen-bond donors (Lipinski definition) is 1. The van der Waals surface area contributed by atoms with Gasteiger partial charge < -0.3 is 15.0 Å². The Morgan fingerprint density at radius 1 is 1.35 bits per heavy atom. The van der Waals surface area contributed by atoms with Crippen LogP contribution in [0.25, 0.3) is 0 Å². The zero-order valence-electron chi connectivity index (χ0n) is 11.1. The van der Waals surface area contributed by atoms with Crippen LogP contribution in [0.4, 0.5) is 0 Å². The van der Waals surface area contributed by atoms with E-state index in [1.165, 1.54) is 0 Å². The Morgan fingerprint density at radius 2 is 2.05 bits per heavy atom. The maximum absolute atomic E-state index is 11.7. The second kappa shape index (κ2) is 4.89. The predicted octanol–water partition coefficient (Wildman–Crippen LogP) is 0.551. The van der Waals surface area contributed by atoms with E-state index in [0.29, 0.717) is 11.7 Å². The molecule has 1 aromatic rings. The molecule has 7 heteroatoms. The minimum absolute atomic E-state index is 0.0467. The van der Waals surface area contributed by atoms with Crippen LogP contribution in [-0.2, 0) is 16.4 Å². The van der Waals surface area contributed by atoms with Crippen molar-refractivity contribution < 1.29 is 13.2 Å². The molecule has 3 rings (SSSR count). The Morgan fingerprint density at radius 3 is 2.70 bits per heavy atom. The molecule has 0 spiro atoms. The molecule has 2 heterocycles. The quantitative estimate of drug-likeness (QED) is 0.823. The smallest absolute Gasteiger partial charge is 0.169 e. The number of ether oxygens (including phenoxy) is 1. The lowest BCUT2D eigenvalue weighted by Gasteiger charge is -2.23. The van der Waals surface area contributed by atoms with Gasteiger partial charge in [-0.25, -0.2) is 8.42 Å². The van der Waals surface area contributed by atoms with E-state index in [2.05, 4.69) is 5.32 Å². The topological polar surface area (TPSA) is 58.6 Å². The fourth-order valence-electron chi connectivity index (χ4n) is 2.78. The third kappa shape index (κ3) is 2.47. The maximum Gasteiger partial charge on any atom is 0.169 e. The molecule has 2 aliphatic heterocycles. The molecule has 0 aromatic heterocycles. The first-order chi connectivity index (χ1) is 9.48. The van der Waals surface area contributed by atoms with Gasteiger partial charge in [-0.3, -0.25) is 0 Å². The Kier molecular flexibility index (Phi) is 3.33. The molecule has 0 bridgehead atoms. The first kappa shape index (κ1) is 13.6. The molecule has 2 atom stereocenters. The molecule has 0 unspecified atom stereocenters. The summed E-state index contributed by atoms with van der Waals surface area (Å²) in [4.78, 5) is 1.98. The summed E-state index contributed by atoms with van der Waals surface area (Å²) in [5.41, 5.74) is 1.08. The Labute approximate surface area is 123 Å². The SMILES string of the molecule is COc1ccc(CN2C(=S)N[C@H]3CS(=O)(=O)C[C@H]32)cc1. The second-order valence-corrected chi connectivity index (χ2v) is 7.72. The van der Waals surface area contributed by atoms with Crippen LogP contribution in [0.3, 0.4) is 0 Å². The average molecular weight is 312 g/mol. The van der Waals surface area contributed by atoms with Crippen LogP contribution in [0.1, 0.15) is 5.56 Å². The third-order valence-corrected chi connectivity index (χ3v) is 5.87. The van der Waals surface area contributed by atoms with Gasteiger partial charge in [0, 0.05) is 6.54 Å². The number of sulfone groups is 1. The molecular formula is C13H16N2O3S2. The highest BCUT2D eigenvalue weighted by Crippen LogP contribution is 2.26. The first-order valence-electron chi connectivity index (χ1n) is 6.39. The average Bonchev–Trinajstić information content (AvgIpc) is 2.84. The summed E-state index contributed by atoms with van der Waals surface area (Å²) in [6.45, 7) is 0.618. The Bertz CT molecular complexity index is 628. The molecular weight excluding hydrogens is 296 g/mol. The van der Waals surface area contributed by atoms with Crippen molar-refractivity contribution in [2.75, 3.05) is 18.6 Å². The van der Waals surface area contributed by atoms with Gasteiger partial charge in [0.15, 0.2) is 14.9 Å². The summed E-state index contributed by atoms with van der Waals surface area (Å²) in [5, 5.41) is 3.76. The third-order valence-electron chi connectivity index (χ3n) is 3.80. The number of fused-ring (bicyclic) bond motifs is 1. The summed E-state index contributed by atoms with van der Waals surface area (Å²) >= 11 is 5.31. The van der Waals surface area contributed by atoms with Gasteiger partial charge >= 0.3 is 0 Å². The van der Waals surface area contributed by atoms with Gasteiger partial charge in [-0.15, -0.1) is 0 Å². The van der Waals surface area contributed by atoms with Crippen LogP contribution >= 0.6 is 12.2 Å². The van der Waals surface area contributed by atoms with Crippen LogP contribution in [0, 0.1) is 0 Å². The van der Waals surface area contributed by atoms with Gasteiger partial charge in [0.2, 0.25) is 0 Å². The van der Waals surface area contributed by atoms with Gasteiger partial charge in [-0.2, -0.15) is 0 Å². The van der Waals surface area contributed by atoms with Crippen molar-refractivity contribution in [3.8, 4) is 5.75 Å². The first-order valence-corrected chi connectivity index (χ1v) is 8.62. The number of hydrogen-bond acceptors (Lipinski definition) is 4. The van der Waals surface area contributed by atoms with Crippen LogP contribution in [-0.4, -0.2) is 49.1 Å². The largest absolute Gasteiger partial charge is 0.497 e. The van der Waals surface area contributed by atoms with E-state index < -0.39 is 9.84 Å². The van der Waals surface area contributed by atoms with E-state index in [4.69, 9.17) is 17.0 Å². The minimum Gasteiger partial charge on any atom is -0.497 e. The summed E-state index contributed by atoms with van der Waals surface area (Å²) in [6, 6.07) is 7.62. The van der Waals surface area contributed by atoms with Crippen molar-refractivity contribution >= 4 is 27.2 Å². The molecule has 0 amide bonds. The van der Waals surface area contributed by atoms with Crippen LogP contribution in [0.5, 0.6) is 5.75 Å². The number of thiocarbonyl (C=S) groups is 1. The fraction of sp³-hybridized carbons (Fsp3) is 0.462. The summed E-state index contributed by atoms with van der Waals surface area (Å²) in [7, 11) is -1.32. The Balaban J connectivity index is 1.77. The lowest BCUT2D eigenvalue weighted by Crippen LogP contribution is -2.36. The number of benzene rings is 1. The predicted molar refractivity (Wildman–Crippen MR) is 80.5 cm³/mol. The van der Waals surface area contributed by atoms with E-state index in [1.54, 1.807) is 7.11 Å². The number of rotatable bonds is 3. The molecule has 1 N–H and O–H groups in total. The van der Waals surface area contributed by atoms with Gasteiger partial charge in [0.1, 0.15) is 5.75 Å². The van der Waals surface area contributed by atoms with Crippen molar-refractivity contribution in [1.29, 1.82) is 0 Å². The zero-order valence-corrected chi connectivity index (χ0v) is 12.7. The molecule has 2 aliphatic rings. The Hall–Kier alpha value is -1.34. The lowest BCUT2D eigenvalue weighted by molar-refractivity contribution is 0.348.